The zero-order valence-electron chi connectivity index (χ0n) is 18.5. The molecule has 1 saturated heterocycles. The Kier molecular flexibility index (Phi) is 8.84. The largest absolute Gasteiger partial charge is 0.493 e. The fraction of sp³-hybridized carbons (Fsp3) is 0.348. The third-order valence-electron chi connectivity index (χ3n) is 4.85. The molecule has 1 aliphatic heterocycles. The van der Waals surface area contributed by atoms with E-state index in [9.17, 15) is 18.0 Å². The lowest BCUT2D eigenvalue weighted by Crippen LogP contribution is -2.26. The molecule has 1 N–H and O–H groups in total. The van der Waals surface area contributed by atoms with Gasteiger partial charge < -0.3 is 14.8 Å². The van der Waals surface area contributed by atoms with Gasteiger partial charge in [0.2, 0.25) is 5.91 Å². The van der Waals surface area contributed by atoms with Crippen molar-refractivity contribution >= 4 is 40.7 Å². The van der Waals surface area contributed by atoms with Crippen molar-refractivity contribution in [2.24, 2.45) is 10.2 Å². The number of carbonyl (C=O) groups excluding carboxylic acids is 1. The van der Waals surface area contributed by atoms with Crippen LogP contribution in [0.5, 0.6) is 11.5 Å². The number of alkyl halides is 3. The van der Waals surface area contributed by atoms with Crippen molar-refractivity contribution in [1.82, 2.24) is 5.32 Å². The molecule has 1 heterocycles. The van der Waals surface area contributed by atoms with E-state index in [-0.39, 0.29) is 28.1 Å². The third-order valence-corrected chi connectivity index (χ3v) is 6.29. The molecular formula is C23H23ClF3N3O3S. The molecule has 1 atom stereocenters. The lowest BCUT2D eigenvalue weighted by atomic mass is 10.1. The topological polar surface area (TPSA) is 72.3 Å². The van der Waals surface area contributed by atoms with E-state index in [1.54, 1.807) is 25.3 Å². The number of hydrogen-bond donors (Lipinski definition) is 1. The van der Waals surface area contributed by atoms with Gasteiger partial charge in [0, 0.05) is 5.02 Å². The number of methoxy groups -OCH3 is 1. The SMILES string of the molecule is CCCCOc1ccc(/C=N/N=C2\NC(=O)C(Cc3cc(C(F)(F)F)ccc3Cl)S2)cc1OC. The molecule has 0 aliphatic carbocycles. The second-order valence-electron chi connectivity index (χ2n) is 7.37. The number of ether oxygens (including phenoxy) is 2. The summed E-state index contributed by atoms with van der Waals surface area (Å²) in [6.45, 7) is 2.67. The first kappa shape index (κ1) is 25.9. The summed E-state index contributed by atoms with van der Waals surface area (Å²) in [4.78, 5) is 12.3. The standard InChI is InChI=1S/C23H23ClF3N3O3S/c1-3-4-9-33-18-8-5-14(10-19(18)32-2)13-28-30-22-29-21(31)20(34-22)12-15-11-16(23(25,26)27)6-7-17(15)24/h5-8,10-11,13,20H,3-4,9,12H2,1-2H3,(H,29,30,31)/b28-13+. The summed E-state index contributed by atoms with van der Waals surface area (Å²) in [5, 5.41) is 10.3. The predicted molar refractivity (Wildman–Crippen MR) is 128 cm³/mol. The maximum absolute atomic E-state index is 13.0. The summed E-state index contributed by atoms with van der Waals surface area (Å²) >= 11 is 7.13. The van der Waals surface area contributed by atoms with Gasteiger partial charge in [0.05, 0.1) is 30.7 Å². The number of nitrogens with zero attached hydrogens (tertiary/aromatic N) is 2. The van der Waals surface area contributed by atoms with Crippen LogP contribution in [0.4, 0.5) is 13.2 Å². The smallest absolute Gasteiger partial charge is 0.416 e. The summed E-state index contributed by atoms with van der Waals surface area (Å²) in [7, 11) is 1.55. The van der Waals surface area contributed by atoms with Crippen LogP contribution in [0.2, 0.25) is 5.02 Å². The highest BCUT2D eigenvalue weighted by atomic mass is 35.5. The summed E-state index contributed by atoms with van der Waals surface area (Å²) < 4.78 is 50.0. The monoisotopic (exact) mass is 513 g/mol. The Hall–Kier alpha value is -2.72. The van der Waals surface area contributed by atoms with Gasteiger partial charge in [-0.3, -0.25) is 4.79 Å². The summed E-state index contributed by atoms with van der Waals surface area (Å²) in [5.41, 5.74) is 0.138. The van der Waals surface area contributed by atoms with Gasteiger partial charge in [0.1, 0.15) is 0 Å². The van der Waals surface area contributed by atoms with E-state index >= 15 is 0 Å². The zero-order chi connectivity index (χ0) is 24.7. The van der Waals surface area contributed by atoms with Gasteiger partial charge in [0.15, 0.2) is 16.7 Å². The van der Waals surface area contributed by atoms with E-state index in [0.29, 0.717) is 23.7 Å². The van der Waals surface area contributed by atoms with Gasteiger partial charge >= 0.3 is 6.18 Å². The molecule has 34 heavy (non-hydrogen) atoms. The van der Waals surface area contributed by atoms with Gasteiger partial charge in [-0.05, 0) is 60.4 Å². The molecule has 1 fully saturated rings. The first-order valence-corrected chi connectivity index (χ1v) is 11.7. The van der Waals surface area contributed by atoms with Gasteiger partial charge in [-0.1, -0.05) is 36.7 Å². The van der Waals surface area contributed by atoms with Crippen LogP contribution in [0.1, 0.15) is 36.5 Å². The van der Waals surface area contributed by atoms with Crippen molar-refractivity contribution in [3.63, 3.8) is 0 Å². The van der Waals surface area contributed by atoms with Crippen LogP contribution in [-0.4, -0.2) is 36.3 Å². The first-order valence-electron chi connectivity index (χ1n) is 10.5. The van der Waals surface area contributed by atoms with Gasteiger partial charge in [-0.2, -0.15) is 18.3 Å². The average molecular weight is 514 g/mol. The number of halogens is 4. The third kappa shape index (κ3) is 6.89. The Morgan fingerprint density at radius 1 is 1.21 bits per heavy atom. The lowest BCUT2D eigenvalue weighted by molar-refractivity contribution is -0.137. The number of hydrogen-bond acceptors (Lipinski definition) is 6. The Morgan fingerprint density at radius 2 is 2.00 bits per heavy atom. The quantitative estimate of drug-likeness (QED) is 0.265. The Balaban J connectivity index is 1.65. The summed E-state index contributed by atoms with van der Waals surface area (Å²) in [6.07, 6.45) is -1.01. The van der Waals surface area contributed by atoms with Crippen LogP contribution in [0, 0.1) is 0 Å². The fourth-order valence-electron chi connectivity index (χ4n) is 3.05. The Labute approximate surface area is 204 Å². The second-order valence-corrected chi connectivity index (χ2v) is 8.96. The number of unbranched alkanes of at least 4 members (excludes halogenated alkanes) is 1. The maximum atomic E-state index is 13.0. The summed E-state index contributed by atoms with van der Waals surface area (Å²) in [5.74, 6) is 0.825. The van der Waals surface area contributed by atoms with Gasteiger partial charge in [-0.15, -0.1) is 5.10 Å². The highest BCUT2D eigenvalue weighted by Gasteiger charge is 2.34. The van der Waals surface area contributed by atoms with E-state index in [0.717, 1.165) is 36.7 Å². The van der Waals surface area contributed by atoms with E-state index in [2.05, 4.69) is 22.4 Å². The molecule has 3 rings (SSSR count). The number of carbonyl (C=O) groups is 1. The van der Waals surface area contributed by atoms with Crippen LogP contribution in [0.3, 0.4) is 0 Å². The van der Waals surface area contributed by atoms with Gasteiger partial charge in [-0.25, -0.2) is 0 Å². The number of amides is 1. The van der Waals surface area contributed by atoms with Crippen molar-refractivity contribution in [2.45, 2.75) is 37.6 Å². The normalized spacial score (nSPS) is 17.4. The van der Waals surface area contributed by atoms with Crippen LogP contribution in [0.25, 0.3) is 0 Å². The van der Waals surface area contributed by atoms with Gasteiger partial charge in [0.25, 0.3) is 0 Å². The highest BCUT2D eigenvalue weighted by molar-refractivity contribution is 8.15. The molecule has 0 bridgehead atoms. The molecule has 2 aromatic rings. The Morgan fingerprint density at radius 3 is 2.71 bits per heavy atom. The minimum absolute atomic E-state index is 0.0265. The van der Waals surface area contributed by atoms with Crippen LogP contribution in [-0.2, 0) is 17.4 Å². The maximum Gasteiger partial charge on any atom is 0.416 e. The zero-order valence-corrected chi connectivity index (χ0v) is 20.1. The van der Waals surface area contributed by atoms with Crippen LogP contribution >= 0.6 is 23.4 Å². The summed E-state index contributed by atoms with van der Waals surface area (Å²) in [6, 6.07) is 8.39. The molecule has 182 valence electrons. The molecule has 0 aromatic heterocycles. The van der Waals surface area contributed by atoms with E-state index in [4.69, 9.17) is 21.1 Å². The molecule has 11 heteroatoms. The van der Waals surface area contributed by atoms with Crippen molar-refractivity contribution < 1.29 is 27.4 Å². The highest BCUT2D eigenvalue weighted by Crippen LogP contribution is 2.34. The molecule has 0 spiro atoms. The molecule has 1 amide bonds. The molecule has 1 aliphatic rings. The van der Waals surface area contributed by atoms with Crippen LogP contribution in [0.15, 0.2) is 46.6 Å². The van der Waals surface area contributed by atoms with Crippen molar-refractivity contribution in [1.29, 1.82) is 0 Å². The number of benzene rings is 2. The first-order chi connectivity index (χ1) is 16.2. The van der Waals surface area contributed by atoms with Crippen LogP contribution < -0.4 is 14.8 Å². The van der Waals surface area contributed by atoms with Crippen molar-refractivity contribution in [3.05, 3.63) is 58.1 Å². The lowest BCUT2D eigenvalue weighted by Gasteiger charge is -2.12. The predicted octanol–water partition coefficient (Wildman–Crippen LogP) is 5.71. The fourth-order valence-corrected chi connectivity index (χ4v) is 4.20. The molecule has 0 radical (unpaired) electrons. The molecular weight excluding hydrogens is 491 g/mol. The number of thioether (sulfide) groups is 1. The number of amidine groups is 1. The minimum atomic E-state index is -4.49. The molecule has 6 nitrogen and oxygen atoms in total. The molecule has 2 aromatic carbocycles. The molecule has 0 saturated carbocycles. The van der Waals surface area contributed by atoms with E-state index < -0.39 is 17.0 Å². The van der Waals surface area contributed by atoms with E-state index in [1.165, 1.54) is 12.3 Å². The number of nitrogens with one attached hydrogen (secondary N) is 1. The minimum Gasteiger partial charge on any atom is -0.493 e. The van der Waals surface area contributed by atoms with Crippen molar-refractivity contribution in [2.75, 3.05) is 13.7 Å². The van der Waals surface area contributed by atoms with E-state index in [1.807, 2.05) is 0 Å². The Bertz CT molecular complexity index is 1090. The second kappa shape index (κ2) is 11.6. The number of rotatable bonds is 9. The molecule has 1 unspecified atom stereocenters. The average Bonchev–Trinajstić information content (AvgIpc) is 3.14. The van der Waals surface area contributed by atoms with Crippen molar-refractivity contribution in [3.8, 4) is 11.5 Å².